The molecule has 8 nitrogen and oxygen atoms in total. The first-order chi connectivity index (χ1) is 12.1. The van der Waals surface area contributed by atoms with Gasteiger partial charge in [-0.3, -0.25) is 14.9 Å². The molecule has 0 aliphatic rings. The van der Waals surface area contributed by atoms with Crippen molar-refractivity contribution in [2.45, 2.75) is 0 Å². The Balaban J connectivity index is 1.67. The van der Waals surface area contributed by atoms with Gasteiger partial charge in [0.1, 0.15) is 5.75 Å². The minimum Gasteiger partial charge on any atom is -0.495 e. The molecule has 0 fully saturated rings. The molecule has 3 N–H and O–H groups in total. The molecule has 0 saturated heterocycles. The molecule has 8 heteroatoms. The molecule has 0 aliphatic heterocycles. The van der Waals surface area contributed by atoms with Gasteiger partial charge >= 0.3 is 0 Å². The number of carbonyl (C=O) groups is 1. The number of rotatable bonds is 9. The summed E-state index contributed by atoms with van der Waals surface area (Å²) in [5.41, 5.74) is 1.55. The average molecular weight is 344 g/mol. The first-order valence-corrected chi connectivity index (χ1v) is 7.72. The van der Waals surface area contributed by atoms with Crippen molar-refractivity contribution in [2.75, 3.05) is 37.4 Å². The molecule has 0 heterocycles. The Morgan fingerprint density at radius 1 is 1.08 bits per heavy atom. The van der Waals surface area contributed by atoms with Crippen LogP contribution in [0.2, 0.25) is 0 Å². The molecule has 2 rings (SSSR count). The number of hydrogen-bond donors (Lipinski definition) is 3. The van der Waals surface area contributed by atoms with E-state index in [0.29, 0.717) is 18.8 Å². The highest BCUT2D eigenvalue weighted by Crippen LogP contribution is 2.22. The van der Waals surface area contributed by atoms with E-state index in [4.69, 9.17) is 4.74 Å². The highest BCUT2D eigenvalue weighted by molar-refractivity contribution is 5.81. The number of nitro benzene ring substituents is 1. The molecule has 0 unspecified atom stereocenters. The molecular weight excluding hydrogens is 324 g/mol. The third-order valence-electron chi connectivity index (χ3n) is 3.40. The van der Waals surface area contributed by atoms with Gasteiger partial charge in [-0.1, -0.05) is 12.1 Å². The maximum absolute atomic E-state index is 11.8. The summed E-state index contributed by atoms with van der Waals surface area (Å²) in [5, 5.41) is 19.5. The molecule has 2 aromatic rings. The second kappa shape index (κ2) is 9.11. The number of benzene rings is 2. The van der Waals surface area contributed by atoms with E-state index in [0.717, 1.165) is 11.4 Å². The quantitative estimate of drug-likeness (QED) is 0.366. The highest BCUT2D eigenvalue weighted by atomic mass is 16.6. The molecule has 0 spiro atoms. The molecule has 0 bridgehead atoms. The van der Waals surface area contributed by atoms with Gasteiger partial charge in [0.15, 0.2) is 0 Å². The largest absolute Gasteiger partial charge is 0.495 e. The van der Waals surface area contributed by atoms with Crippen LogP contribution in [0.15, 0.2) is 48.5 Å². The van der Waals surface area contributed by atoms with Crippen LogP contribution in [0.5, 0.6) is 5.75 Å². The van der Waals surface area contributed by atoms with Crippen molar-refractivity contribution in [1.82, 2.24) is 5.32 Å². The lowest BCUT2D eigenvalue weighted by molar-refractivity contribution is -0.384. The SMILES string of the molecule is COc1ccccc1NCC(=O)NCCNc1ccc([N+](=O)[O-])cc1. The zero-order valence-corrected chi connectivity index (χ0v) is 13.8. The topological polar surface area (TPSA) is 106 Å². The summed E-state index contributed by atoms with van der Waals surface area (Å²) < 4.78 is 5.20. The normalized spacial score (nSPS) is 9.96. The lowest BCUT2D eigenvalue weighted by Crippen LogP contribution is -2.33. The van der Waals surface area contributed by atoms with Gasteiger partial charge in [0.25, 0.3) is 5.69 Å². The number of carbonyl (C=O) groups excluding carboxylic acids is 1. The Morgan fingerprint density at radius 2 is 1.80 bits per heavy atom. The van der Waals surface area contributed by atoms with Crippen LogP contribution in [0, 0.1) is 10.1 Å². The van der Waals surface area contributed by atoms with Crippen molar-refractivity contribution in [2.24, 2.45) is 0 Å². The number of amides is 1. The summed E-state index contributed by atoms with van der Waals surface area (Å²) in [4.78, 5) is 22.0. The number of nitro groups is 1. The van der Waals surface area contributed by atoms with Crippen molar-refractivity contribution < 1.29 is 14.5 Å². The van der Waals surface area contributed by atoms with Crippen LogP contribution in [0.4, 0.5) is 17.1 Å². The molecule has 1 amide bonds. The van der Waals surface area contributed by atoms with Crippen LogP contribution in [0.25, 0.3) is 0 Å². The van der Waals surface area contributed by atoms with Crippen molar-refractivity contribution in [1.29, 1.82) is 0 Å². The first kappa shape index (κ1) is 18.1. The molecule has 0 aromatic heterocycles. The van der Waals surface area contributed by atoms with Gasteiger partial charge in [-0.15, -0.1) is 0 Å². The molecule has 0 aliphatic carbocycles. The summed E-state index contributed by atoms with van der Waals surface area (Å²) >= 11 is 0. The predicted octanol–water partition coefficient (Wildman–Crippen LogP) is 2.24. The van der Waals surface area contributed by atoms with E-state index in [1.165, 1.54) is 12.1 Å². The van der Waals surface area contributed by atoms with Crippen LogP contribution in [0.1, 0.15) is 0 Å². The number of nitrogens with one attached hydrogen (secondary N) is 3. The molecule has 132 valence electrons. The lowest BCUT2D eigenvalue weighted by atomic mass is 10.3. The number of methoxy groups -OCH3 is 1. The summed E-state index contributed by atoms with van der Waals surface area (Å²) in [6.07, 6.45) is 0. The zero-order valence-electron chi connectivity index (χ0n) is 13.8. The van der Waals surface area contributed by atoms with E-state index >= 15 is 0 Å². The molecule has 25 heavy (non-hydrogen) atoms. The van der Waals surface area contributed by atoms with Gasteiger partial charge in [-0.05, 0) is 24.3 Å². The van der Waals surface area contributed by atoms with Crippen LogP contribution in [-0.2, 0) is 4.79 Å². The Hall–Kier alpha value is -3.29. The van der Waals surface area contributed by atoms with Gasteiger partial charge in [0, 0.05) is 30.9 Å². The van der Waals surface area contributed by atoms with Crippen LogP contribution < -0.4 is 20.7 Å². The maximum atomic E-state index is 11.8. The van der Waals surface area contributed by atoms with Gasteiger partial charge in [-0.25, -0.2) is 0 Å². The Bertz CT molecular complexity index is 719. The molecule has 0 radical (unpaired) electrons. The number of para-hydroxylation sites is 2. The summed E-state index contributed by atoms with van der Waals surface area (Å²) in [6.45, 7) is 1.08. The van der Waals surface area contributed by atoms with Crippen molar-refractivity contribution in [3.8, 4) is 5.75 Å². The number of hydrogen-bond acceptors (Lipinski definition) is 6. The Morgan fingerprint density at radius 3 is 2.48 bits per heavy atom. The summed E-state index contributed by atoms with van der Waals surface area (Å²) in [7, 11) is 1.57. The van der Waals surface area contributed by atoms with Crippen LogP contribution in [-0.4, -0.2) is 37.6 Å². The standard InChI is InChI=1S/C17H20N4O4/c1-25-16-5-3-2-4-15(16)20-12-17(22)19-11-10-18-13-6-8-14(9-7-13)21(23)24/h2-9,18,20H,10-12H2,1H3,(H,19,22). The second-order valence-corrected chi connectivity index (χ2v) is 5.13. The minimum absolute atomic E-state index is 0.0428. The monoisotopic (exact) mass is 344 g/mol. The highest BCUT2D eigenvalue weighted by Gasteiger charge is 2.05. The van der Waals surface area contributed by atoms with E-state index < -0.39 is 4.92 Å². The molecule has 2 aromatic carbocycles. The number of anilines is 2. The van der Waals surface area contributed by atoms with E-state index in [2.05, 4.69) is 16.0 Å². The van der Waals surface area contributed by atoms with E-state index in [9.17, 15) is 14.9 Å². The lowest BCUT2D eigenvalue weighted by Gasteiger charge is -2.11. The Kier molecular flexibility index (Phi) is 6.58. The van der Waals surface area contributed by atoms with Crippen LogP contribution >= 0.6 is 0 Å². The van der Waals surface area contributed by atoms with Crippen LogP contribution in [0.3, 0.4) is 0 Å². The molecule has 0 atom stereocenters. The summed E-state index contributed by atoms with van der Waals surface area (Å²) in [6, 6.07) is 13.5. The van der Waals surface area contributed by atoms with E-state index in [1.807, 2.05) is 24.3 Å². The molecular formula is C17H20N4O4. The summed E-state index contributed by atoms with van der Waals surface area (Å²) in [5.74, 6) is 0.534. The fraction of sp³-hybridized carbons (Fsp3) is 0.235. The van der Waals surface area contributed by atoms with Gasteiger partial charge in [0.05, 0.1) is 24.3 Å². The van der Waals surface area contributed by atoms with Gasteiger partial charge in [0.2, 0.25) is 5.91 Å². The maximum Gasteiger partial charge on any atom is 0.269 e. The van der Waals surface area contributed by atoms with Crippen molar-refractivity contribution in [3.63, 3.8) is 0 Å². The second-order valence-electron chi connectivity index (χ2n) is 5.13. The van der Waals surface area contributed by atoms with Gasteiger partial charge in [-0.2, -0.15) is 0 Å². The Labute approximate surface area is 145 Å². The zero-order chi connectivity index (χ0) is 18.1. The first-order valence-electron chi connectivity index (χ1n) is 7.72. The third kappa shape index (κ3) is 5.69. The smallest absolute Gasteiger partial charge is 0.269 e. The third-order valence-corrected chi connectivity index (χ3v) is 3.40. The van der Waals surface area contributed by atoms with E-state index in [-0.39, 0.29) is 18.1 Å². The van der Waals surface area contributed by atoms with Crippen molar-refractivity contribution in [3.05, 3.63) is 58.6 Å². The molecule has 0 saturated carbocycles. The number of nitrogens with zero attached hydrogens (tertiary/aromatic N) is 1. The van der Waals surface area contributed by atoms with Gasteiger partial charge < -0.3 is 20.7 Å². The van der Waals surface area contributed by atoms with Crippen molar-refractivity contribution >= 4 is 23.0 Å². The average Bonchev–Trinajstić information content (AvgIpc) is 2.64. The number of non-ortho nitro benzene ring substituents is 1. The fourth-order valence-corrected chi connectivity index (χ4v) is 2.14. The predicted molar refractivity (Wildman–Crippen MR) is 96.1 cm³/mol. The van der Waals surface area contributed by atoms with E-state index in [1.54, 1.807) is 19.2 Å². The fourth-order valence-electron chi connectivity index (χ4n) is 2.14. The number of ether oxygens (including phenoxy) is 1. The minimum atomic E-state index is -0.446.